The van der Waals surface area contributed by atoms with E-state index < -0.39 is 0 Å². The zero-order chi connectivity index (χ0) is 22.5. The Balaban J connectivity index is 1.29. The number of hydrogen-bond donors (Lipinski definition) is 1. The van der Waals surface area contributed by atoms with Gasteiger partial charge in [0.2, 0.25) is 0 Å². The van der Waals surface area contributed by atoms with Crippen LogP contribution in [0.15, 0.2) is 72.8 Å². The lowest BCUT2D eigenvalue weighted by molar-refractivity contribution is 0.248. The molecule has 3 heteroatoms. The lowest BCUT2D eigenvalue weighted by Crippen LogP contribution is -2.25. The topological polar surface area (TPSA) is 32.7 Å². The molecule has 0 radical (unpaired) electrons. The van der Waals surface area contributed by atoms with Crippen molar-refractivity contribution in [2.75, 3.05) is 26.2 Å². The number of rotatable bonds is 8. The van der Waals surface area contributed by atoms with Crippen molar-refractivity contribution < 1.29 is 9.84 Å². The van der Waals surface area contributed by atoms with Gasteiger partial charge in [-0.1, -0.05) is 61.0 Å². The van der Waals surface area contributed by atoms with E-state index in [1.54, 1.807) is 6.07 Å². The highest BCUT2D eigenvalue weighted by Crippen LogP contribution is 2.47. The molecule has 1 fully saturated rings. The highest BCUT2D eigenvalue weighted by molar-refractivity contribution is 5.50. The summed E-state index contributed by atoms with van der Waals surface area (Å²) < 4.78 is 6.12. The van der Waals surface area contributed by atoms with Crippen molar-refractivity contribution in [3.8, 4) is 11.5 Å². The van der Waals surface area contributed by atoms with Crippen molar-refractivity contribution >= 4 is 0 Å². The molecule has 1 N–H and O–H groups in total. The summed E-state index contributed by atoms with van der Waals surface area (Å²) >= 11 is 0. The maximum atomic E-state index is 10.2. The molecule has 0 spiro atoms. The van der Waals surface area contributed by atoms with Crippen molar-refractivity contribution in [3.05, 3.63) is 95.1 Å². The van der Waals surface area contributed by atoms with Gasteiger partial charge >= 0.3 is 0 Å². The van der Waals surface area contributed by atoms with Crippen molar-refractivity contribution in [2.24, 2.45) is 0 Å². The second kappa shape index (κ2) is 10.4. The van der Waals surface area contributed by atoms with Crippen LogP contribution in [0.25, 0.3) is 0 Å². The number of phenolic OH excluding ortho intramolecular Hbond substituents is 1. The van der Waals surface area contributed by atoms with E-state index in [9.17, 15) is 5.11 Å². The van der Waals surface area contributed by atoms with Crippen LogP contribution in [0.4, 0.5) is 0 Å². The number of likely N-dealkylation sites (tertiary alicyclic amines) is 1. The largest absolute Gasteiger partial charge is 0.508 e. The average molecular weight is 442 g/mol. The van der Waals surface area contributed by atoms with Crippen molar-refractivity contribution in [3.63, 3.8) is 0 Å². The van der Waals surface area contributed by atoms with Gasteiger partial charge in [0.05, 0.1) is 6.61 Å². The van der Waals surface area contributed by atoms with Crippen LogP contribution in [-0.2, 0) is 6.42 Å². The molecule has 0 unspecified atom stereocenters. The molecule has 5 rings (SSSR count). The maximum absolute atomic E-state index is 10.2. The Morgan fingerprint density at radius 1 is 0.818 bits per heavy atom. The van der Waals surface area contributed by atoms with E-state index in [4.69, 9.17) is 4.74 Å². The van der Waals surface area contributed by atoms with Crippen LogP contribution in [-0.4, -0.2) is 36.2 Å². The summed E-state index contributed by atoms with van der Waals surface area (Å²) in [6.07, 6.45) is 7.80. The van der Waals surface area contributed by atoms with E-state index >= 15 is 0 Å². The molecular weight excluding hydrogens is 406 g/mol. The number of fused-ring (bicyclic) bond motifs is 1. The summed E-state index contributed by atoms with van der Waals surface area (Å²) in [4.78, 5) is 2.61. The second-order valence-electron chi connectivity index (χ2n) is 9.63. The number of aromatic hydroxyl groups is 1. The zero-order valence-corrected chi connectivity index (χ0v) is 19.5. The van der Waals surface area contributed by atoms with Gasteiger partial charge in [-0.3, -0.25) is 0 Å². The molecule has 33 heavy (non-hydrogen) atoms. The van der Waals surface area contributed by atoms with Crippen molar-refractivity contribution in [2.45, 2.75) is 50.4 Å². The molecule has 2 atom stereocenters. The monoisotopic (exact) mass is 441 g/mol. The third kappa shape index (κ3) is 5.25. The Bertz CT molecular complexity index is 1020. The Hall–Kier alpha value is -2.78. The van der Waals surface area contributed by atoms with Gasteiger partial charge in [-0.25, -0.2) is 0 Å². The fraction of sp³-hybridized carbons (Fsp3) is 0.400. The third-order valence-electron chi connectivity index (χ3n) is 7.35. The summed E-state index contributed by atoms with van der Waals surface area (Å²) in [6, 6.07) is 25.3. The Labute approximate surface area is 198 Å². The minimum atomic E-state index is 0.165. The molecule has 0 saturated carbocycles. The summed E-state index contributed by atoms with van der Waals surface area (Å²) in [5, 5.41) is 10.2. The van der Waals surface area contributed by atoms with Crippen LogP contribution in [0.3, 0.4) is 0 Å². The zero-order valence-electron chi connectivity index (χ0n) is 19.5. The quantitative estimate of drug-likeness (QED) is 0.405. The number of aryl methyl sites for hydroxylation is 1. The van der Waals surface area contributed by atoms with Gasteiger partial charge in [0.15, 0.2) is 0 Å². The molecule has 172 valence electrons. The van der Waals surface area contributed by atoms with E-state index in [-0.39, 0.29) is 11.8 Å². The summed E-state index contributed by atoms with van der Waals surface area (Å²) in [6.45, 7) is 4.53. The number of benzene rings is 3. The molecule has 3 aromatic rings. The van der Waals surface area contributed by atoms with Crippen molar-refractivity contribution in [1.82, 2.24) is 4.90 Å². The van der Waals surface area contributed by atoms with Crippen LogP contribution in [0.2, 0.25) is 0 Å². The molecule has 0 aromatic heterocycles. The molecule has 0 bridgehead atoms. The first-order chi connectivity index (χ1) is 16.3. The molecule has 2 heterocycles. The third-order valence-corrected chi connectivity index (χ3v) is 7.35. The van der Waals surface area contributed by atoms with Gasteiger partial charge in [-0.15, -0.1) is 0 Å². The first-order valence-corrected chi connectivity index (χ1v) is 12.6. The number of nitrogens with zero attached hydrogens (tertiary/aromatic N) is 1. The SMILES string of the molecule is Oc1ccc2c(c1)[C@@H](c1ccc(CCCCCN3CCCC3)cc1)[C@@H](c1ccccc1)CO2. The van der Waals surface area contributed by atoms with Gasteiger partial charge in [0, 0.05) is 17.4 Å². The van der Waals surface area contributed by atoms with Crippen LogP contribution in [0.1, 0.15) is 66.2 Å². The number of unbranched alkanes of at least 4 members (excludes halogenated alkanes) is 2. The van der Waals surface area contributed by atoms with Gasteiger partial charge in [0.25, 0.3) is 0 Å². The lowest BCUT2D eigenvalue weighted by atomic mass is 9.75. The second-order valence-corrected chi connectivity index (χ2v) is 9.63. The smallest absolute Gasteiger partial charge is 0.123 e. The average Bonchev–Trinajstić information content (AvgIpc) is 3.38. The van der Waals surface area contributed by atoms with Crippen LogP contribution < -0.4 is 4.74 Å². The van der Waals surface area contributed by atoms with Crippen LogP contribution in [0.5, 0.6) is 11.5 Å². The minimum absolute atomic E-state index is 0.165. The molecule has 2 aliphatic heterocycles. The Morgan fingerprint density at radius 2 is 1.61 bits per heavy atom. The van der Waals surface area contributed by atoms with E-state index in [1.165, 1.54) is 68.4 Å². The fourth-order valence-corrected chi connectivity index (χ4v) is 5.54. The van der Waals surface area contributed by atoms with Gasteiger partial charge in [-0.2, -0.15) is 0 Å². The highest BCUT2D eigenvalue weighted by Gasteiger charge is 2.33. The number of hydrogen-bond acceptors (Lipinski definition) is 3. The van der Waals surface area contributed by atoms with E-state index in [0.29, 0.717) is 12.4 Å². The summed E-state index contributed by atoms with van der Waals surface area (Å²) in [5.74, 6) is 1.56. The van der Waals surface area contributed by atoms with Crippen LogP contribution >= 0.6 is 0 Å². The van der Waals surface area contributed by atoms with Crippen molar-refractivity contribution in [1.29, 1.82) is 0 Å². The standard InChI is InChI=1S/C30H35NO2/c32-26-16-17-29-27(21-26)30(28(22-33-29)24-10-4-1-5-11-24)25-14-12-23(13-15-25)9-3-2-6-18-31-19-7-8-20-31/h1,4-5,10-17,21,28,30,32H,2-3,6-9,18-20,22H2/t28-,30-/m1/s1. The molecule has 0 amide bonds. The first-order valence-electron chi connectivity index (χ1n) is 12.6. The number of ether oxygens (including phenoxy) is 1. The normalized spacial score (nSPS) is 20.4. The Morgan fingerprint density at radius 3 is 2.39 bits per heavy atom. The highest BCUT2D eigenvalue weighted by atomic mass is 16.5. The van der Waals surface area contributed by atoms with E-state index in [2.05, 4.69) is 59.5 Å². The lowest BCUT2D eigenvalue weighted by Gasteiger charge is -2.34. The van der Waals surface area contributed by atoms with E-state index in [0.717, 1.165) is 17.7 Å². The molecular formula is C30H35NO2. The number of phenols is 1. The fourth-order valence-electron chi connectivity index (χ4n) is 5.54. The predicted octanol–water partition coefficient (Wildman–Crippen LogP) is 6.51. The summed E-state index contributed by atoms with van der Waals surface area (Å²) in [5.41, 5.74) is 5.06. The minimum Gasteiger partial charge on any atom is -0.508 e. The maximum Gasteiger partial charge on any atom is 0.123 e. The summed E-state index contributed by atoms with van der Waals surface area (Å²) in [7, 11) is 0. The molecule has 3 nitrogen and oxygen atoms in total. The molecule has 3 aromatic carbocycles. The van der Waals surface area contributed by atoms with Gasteiger partial charge in [0.1, 0.15) is 11.5 Å². The van der Waals surface area contributed by atoms with Crippen LogP contribution in [0, 0.1) is 0 Å². The molecule has 1 saturated heterocycles. The van der Waals surface area contributed by atoms with E-state index in [1.807, 2.05) is 12.1 Å². The Kier molecular flexibility index (Phi) is 6.97. The van der Waals surface area contributed by atoms with Gasteiger partial charge < -0.3 is 14.7 Å². The molecule has 2 aliphatic rings. The predicted molar refractivity (Wildman–Crippen MR) is 134 cm³/mol. The van der Waals surface area contributed by atoms with Gasteiger partial charge in [-0.05, 0) is 86.6 Å². The molecule has 0 aliphatic carbocycles. The first kappa shape index (κ1) is 22.0.